The van der Waals surface area contributed by atoms with E-state index in [0.717, 1.165) is 0 Å². The first-order valence-electron chi connectivity index (χ1n) is 8.18. The molecule has 2 rings (SSSR count). The molecule has 25 heavy (non-hydrogen) atoms. The molecule has 138 valence electrons. The molecule has 1 aliphatic rings. The molecule has 2 atom stereocenters. The first-order valence-corrected chi connectivity index (χ1v) is 9.00. The average Bonchev–Trinajstić information content (AvgIpc) is 2.59. The molecular weight excluding hydrogens is 362 g/mol. The fourth-order valence-electron chi connectivity index (χ4n) is 2.05. The molecular formula is C17H23NO5S2. The second-order valence-electron chi connectivity index (χ2n) is 5.60. The zero-order chi connectivity index (χ0) is 18.1. The molecule has 0 saturated carbocycles. The minimum absolute atomic E-state index is 0.191. The van der Waals surface area contributed by atoms with Crippen LogP contribution in [0.4, 0.5) is 0 Å². The van der Waals surface area contributed by atoms with Crippen molar-refractivity contribution in [2.45, 2.75) is 26.1 Å². The van der Waals surface area contributed by atoms with Crippen LogP contribution in [-0.4, -0.2) is 66.9 Å². The fraction of sp³-hybridized carbons (Fsp3) is 0.588. The maximum Gasteiger partial charge on any atom is 0.210 e. The molecule has 2 heterocycles. The largest absolute Gasteiger partial charge is 0.476 e. The van der Waals surface area contributed by atoms with Gasteiger partial charge in [0.2, 0.25) is 10.1 Å². The van der Waals surface area contributed by atoms with Crippen molar-refractivity contribution >= 4 is 34.5 Å². The van der Waals surface area contributed by atoms with Crippen molar-refractivity contribution in [3.63, 3.8) is 0 Å². The highest BCUT2D eigenvalue weighted by molar-refractivity contribution is 7.80. The van der Waals surface area contributed by atoms with Crippen LogP contribution < -0.4 is 0 Å². The molecule has 6 nitrogen and oxygen atoms in total. The fourth-order valence-corrected chi connectivity index (χ4v) is 2.61. The highest BCUT2D eigenvalue weighted by Crippen LogP contribution is 2.09. The van der Waals surface area contributed by atoms with Crippen molar-refractivity contribution in [2.75, 3.05) is 39.6 Å². The summed E-state index contributed by atoms with van der Waals surface area (Å²) in [5, 5.41) is 0.601. The highest BCUT2D eigenvalue weighted by atomic mass is 32.1. The standard InChI is InChI=1S/C17H23NO5S2/c1-12-10-20-8-6-19-7-9-21-11-13(2)23-17(25)15-5-3-4-14(18-15)16(24)22-12/h3-5,12-13H,6-11H2,1-2H3/t12-,13-/m0/s1. The van der Waals surface area contributed by atoms with Crippen LogP contribution in [0.5, 0.6) is 0 Å². The van der Waals surface area contributed by atoms with E-state index in [4.69, 9.17) is 48.1 Å². The Balaban J connectivity index is 2.06. The third-order valence-corrected chi connectivity index (χ3v) is 3.84. The molecule has 0 saturated heterocycles. The number of rotatable bonds is 0. The van der Waals surface area contributed by atoms with Gasteiger partial charge in [-0.25, -0.2) is 4.98 Å². The Morgan fingerprint density at radius 1 is 0.800 bits per heavy atom. The summed E-state index contributed by atoms with van der Waals surface area (Å²) in [6.07, 6.45) is -0.383. The molecule has 0 spiro atoms. The van der Waals surface area contributed by atoms with Gasteiger partial charge in [0.15, 0.2) is 0 Å². The van der Waals surface area contributed by atoms with Crippen LogP contribution in [0.2, 0.25) is 0 Å². The SMILES string of the molecule is C[C@H]1COCCOCCOC[C@H](C)OC(=S)c2cccc(n2)C(=S)O1. The molecule has 0 radical (unpaired) electrons. The van der Waals surface area contributed by atoms with Crippen LogP contribution in [0.25, 0.3) is 0 Å². The van der Waals surface area contributed by atoms with E-state index in [0.29, 0.717) is 61.1 Å². The van der Waals surface area contributed by atoms with Gasteiger partial charge in [-0.05, 0) is 50.4 Å². The van der Waals surface area contributed by atoms with Crippen LogP contribution in [0.3, 0.4) is 0 Å². The molecule has 0 aromatic carbocycles. The minimum atomic E-state index is -0.191. The average molecular weight is 386 g/mol. The van der Waals surface area contributed by atoms with Crippen molar-refractivity contribution in [3.8, 4) is 0 Å². The van der Waals surface area contributed by atoms with Gasteiger partial charge < -0.3 is 23.7 Å². The van der Waals surface area contributed by atoms with E-state index in [-0.39, 0.29) is 12.2 Å². The molecule has 1 aliphatic heterocycles. The van der Waals surface area contributed by atoms with Gasteiger partial charge in [0.05, 0.1) is 39.6 Å². The van der Waals surface area contributed by atoms with Gasteiger partial charge in [0.1, 0.15) is 23.6 Å². The van der Waals surface area contributed by atoms with Gasteiger partial charge in [-0.1, -0.05) is 6.07 Å². The van der Waals surface area contributed by atoms with E-state index < -0.39 is 0 Å². The number of hydrogen-bond donors (Lipinski definition) is 0. The van der Waals surface area contributed by atoms with Gasteiger partial charge in [-0.15, -0.1) is 0 Å². The van der Waals surface area contributed by atoms with Gasteiger partial charge in [-0.3, -0.25) is 0 Å². The lowest BCUT2D eigenvalue weighted by Gasteiger charge is -2.18. The van der Waals surface area contributed by atoms with Crippen molar-refractivity contribution < 1.29 is 23.7 Å². The minimum Gasteiger partial charge on any atom is -0.476 e. The first kappa shape index (κ1) is 20.1. The molecule has 0 N–H and O–H groups in total. The Kier molecular flexibility index (Phi) is 8.63. The van der Waals surface area contributed by atoms with Gasteiger partial charge in [0.25, 0.3) is 0 Å². The maximum absolute atomic E-state index is 5.69. The summed E-state index contributed by atoms with van der Waals surface area (Å²) >= 11 is 10.6. The van der Waals surface area contributed by atoms with E-state index >= 15 is 0 Å². The normalized spacial score (nSPS) is 24.6. The van der Waals surface area contributed by atoms with E-state index in [1.54, 1.807) is 12.1 Å². The second-order valence-corrected chi connectivity index (χ2v) is 6.34. The lowest BCUT2D eigenvalue weighted by molar-refractivity contribution is -0.0133. The Hall–Kier alpha value is -1.19. The molecule has 8 heteroatoms. The van der Waals surface area contributed by atoms with Crippen LogP contribution in [0, 0.1) is 0 Å². The summed E-state index contributed by atoms with van der Waals surface area (Å²) in [4.78, 5) is 4.43. The Morgan fingerprint density at radius 3 is 1.72 bits per heavy atom. The number of aromatic nitrogens is 1. The van der Waals surface area contributed by atoms with E-state index in [1.807, 2.05) is 19.9 Å². The molecule has 0 unspecified atom stereocenters. The second kappa shape index (κ2) is 10.7. The highest BCUT2D eigenvalue weighted by Gasteiger charge is 2.14. The number of thiocarbonyl (C=S) groups is 2. The molecule has 1 aromatic rings. The van der Waals surface area contributed by atoms with Gasteiger partial charge in [0, 0.05) is 0 Å². The van der Waals surface area contributed by atoms with Crippen molar-refractivity contribution in [3.05, 3.63) is 29.6 Å². The summed E-state index contributed by atoms with van der Waals surface area (Å²) in [6, 6.07) is 5.38. The predicted molar refractivity (Wildman–Crippen MR) is 101 cm³/mol. The van der Waals surface area contributed by atoms with Crippen molar-refractivity contribution in [1.29, 1.82) is 0 Å². The van der Waals surface area contributed by atoms with Crippen LogP contribution in [-0.2, 0) is 23.7 Å². The van der Waals surface area contributed by atoms with E-state index in [1.165, 1.54) is 0 Å². The molecule has 1 aromatic heterocycles. The topological polar surface area (TPSA) is 59.0 Å². The third kappa shape index (κ3) is 7.29. The molecule has 2 bridgehead atoms. The lowest BCUT2D eigenvalue weighted by Crippen LogP contribution is -2.24. The number of fused-ring (bicyclic) bond motifs is 2. The predicted octanol–water partition coefficient (Wildman–Crippen LogP) is 2.31. The van der Waals surface area contributed by atoms with Crippen molar-refractivity contribution in [2.24, 2.45) is 0 Å². The third-order valence-electron chi connectivity index (χ3n) is 3.23. The van der Waals surface area contributed by atoms with Crippen molar-refractivity contribution in [1.82, 2.24) is 4.98 Å². The number of hydrogen-bond acceptors (Lipinski definition) is 8. The van der Waals surface area contributed by atoms with Crippen LogP contribution in [0.15, 0.2) is 18.2 Å². The van der Waals surface area contributed by atoms with Gasteiger partial charge in [-0.2, -0.15) is 0 Å². The van der Waals surface area contributed by atoms with Crippen LogP contribution >= 0.6 is 24.4 Å². The Bertz CT molecular complexity index is 539. The molecule has 0 fully saturated rings. The molecule has 0 aliphatic carbocycles. The first-order chi connectivity index (χ1) is 12.1. The Labute approximate surface area is 158 Å². The zero-order valence-corrected chi connectivity index (χ0v) is 16.1. The lowest BCUT2D eigenvalue weighted by atomic mass is 10.3. The summed E-state index contributed by atoms with van der Waals surface area (Å²) in [5.41, 5.74) is 1.08. The summed E-state index contributed by atoms with van der Waals surface area (Å²) in [5.74, 6) is 0. The quantitative estimate of drug-likeness (QED) is 0.631. The Morgan fingerprint density at radius 2 is 1.24 bits per heavy atom. The maximum atomic E-state index is 5.69. The number of pyridine rings is 1. The van der Waals surface area contributed by atoms with Crippen LogP contribution in [0.1, 0.15) is 25.2 Å². The molecule has 0 amide bonds. The van der Waals surface area contributed by atoms with E-state index in [2.05, 4.69) is 4.98 Å². The summed E-state index contributed by atoms with van der Waals surface area (Å²) < 4.78 is 27.8. The zero-order valence-electron chi connectivity index (χ0n) is 14.4. The van der Waals surface area contributed by atoms with E-state index in [9.17, 15) is 0 Å². The monoisotopic (exact) mass is 385 g/mol. The number of ether oxygens (including phenoxy) is 5. The van der Waals surface area contributed by atoms with Gasteiger partial charge >= 0.3 is 0 Å². The summed E-state index contributed by atoms with van der Waals surface area (Å²) in [7, 11) is 0. The smallest absolute Gasteiger partial charge is 0.210 e. The summed E-state index contributed by atoms with van der Waals surface area (Å²) in [6.45, 7) is 6.58. The number of nitrogens with zero attached hydrogens (tertiary/aromatic N) is 1.